The Morgan fingerprint density at radius 1 is 1.46 bits per heavy atom. The first-order valence-electron chi connectivity index (χ1n) is 4.47. The van der Waals surface area contributed by atoms with Crippen LogP contribution in [0.5, 0.6) is 0 Å². The zero-order chi connectivity index (χ0) is 8.55. The lowest BCUT2D eigenvalue weighted by molar-refractivity contribution is 0.157. The fraction of sp³-hybridized carbons (Fsp3) is 0.778. The van der Waals surface area contributed by atoms with E-state index in [0.717, 1.165) is 38.0 Å². The Morgan fingerprint density at radius 2 is 2.08 bits per heavy atom. The molecule has 13 heavy (non-hydrogen) atoms. The topological polar surface area (TPSA) is 3.24 Å². The Hall–Kier alpha value is -0.0151. The fourth-order valence-corrected chi connectivity index (χ4v) is 2.37. The lowest BCUT2D eigenvalue weighted by atomic mass is 9.83. The zero-order valence-corrected chi connectivity index (χ0v) is 7.78. The van der Waals surface area contributed by atoms with Crippen LogP contribution >= 0.6 is 11.6 Å². The van der Waals surface area contributed by atoms with E-state index in [4.69, 9.17) is 11.6 Å². The molecule has 0 aliphatic carbocycles. The van der Waals surface area contributed by atoms with Crippen LogP contribution in [0.15, 0.2) is 11.4 Å². The molecule has 3 heterocycles. The van der Waals surface area contributed by atoms with Gasteiger partial charge in [-0.05, 0) is 37.4 Å². The van der Waals surface area contributed by atoms with Crippen LogP contribution in [0.4, 0.5) is 4.39 Å². The molecule has 0 amide bonds. The highest BCUT2D eigenvalue weighted by Crippen LogP contribution is 2.34. The number of nitrogens with zero attached hydrogens (tertiary/aromatic N) is 1. The standard InChI is InChI=1S/C9H13ClFN.BH3/c10-5-9(11)8-6-12-3-1-7(8)2-4-12;/h7H,1-6H2;1H3. The zero-order valence-electron chi connectivity index (χ0n) is 7.02. The van der Waals surface area contributed by atoms with Crippen molar-refractivity contribution in [1.29, 1.82) is 0 Å². The summed E-state index contributed by atoms with van der Waals surface area (Å²) < 4.78 is 13.2. The third-order valence-corrected chi connectivity index (χ3v) is 3.17. The quantitative estimate of drug-likeness (QED) is 0.454. The molecular formula is C9H16BClFN. The van der Waals surface area contributed by atoms with Gasteiger partial charge in [0.2, 0.25) is 0 Å². The van der Waals surface area contributed by atoms with Crippen LogP contribution in [0.25, 0.3) is 0 Å². The third kappa shape index (κ3) is 2.08. The summed E-state index contributed by atoms with van der Waals surface area (Å²) in [7, 11) is 0. The molecule has 0 N–H and O–H groups in total. The monoisotopic (exact) mass is 203 g/mol. The average Bonchev–Trinajstić information content (AvgIpc) is 2.18. The molecule has 0 aromatic rings. The maximum atomic E-state index is 13.2. The molecule has 0 radical (unpaired) electrons. The lowest BCUT2D eigenvalue weighted by Crippen LogP contribution is -2.43. The number of alkyl halides is 1. The number of hydrogen-bond acceptors (Lipinski definition) is 1. The summed E-state index contributed by atoms with van der Waals surface area (Å²) in [5.41, 5.74) is 0.975. The van der Waals surface area contributed by atoms with E-state index in [0.29, 0.717) is 5.92 Å². The van der Waals surface area contributed by atoms with Gasteiger partial charge in [-0.2, -0.15) is 0 Å². The predicted molar refractivity (Wildman–Crippen MR) is 58.0 cm³/mol. The first-order chi connectivity index (χ1) is 5.81. The van der Waals surface area contributed by atoms with Gasteiger partial charge >= 0.3 is 0 Å². The number of allylic oxidation sites excluding steroid dienone is 1. The molecule has 0 aromatic carbocycles. The van der Waals surface area contributed by atoms with Crippen LogP contribution in [0.2, 0.25) is 0 Å². The van der Waals surface area contributed by atoms with Crippen molar-refractivity contribution in [3.8, 4) is 0 Å². The van der Waals surface area contributed by atoms with Crippen LogP contribution in [-0.4, -0.2) is 38.8 Å². The Kier molecular flexibility index (Phi) is 3.80. The molecule has 0 unspecified atom stereocenters. The second kappa shape index (κ2) is 4.47. The summed E-state index contributed by atoms with van der Waals surface area (Å²) in [6.45, 7) is 3.11. The van der Waals surface area contributed by atoms with Crippen molar-refractivity contribution in [2.45, 2.75) is 12.8 Å². The second-order valence-electron chi connectivity index (χ2n) is 3.61. The van der Waals surface area contributed by atoms with Crippen molar-refractivity contribution in [2.24, 2.45) is 5.92 Å². The summed E-state index contributed by atoms with van der Waals surface area (Å²) in [5, 5.41) is 0. The molecule has 2 bridgehead atoms. The number of halogens is 2. The Balaban J connectivity index is 0.000000845. The van der Waals surface area contributed by atoms with Crippen molar-refractivity contribution in [3.05, 3.63) is 11.4 Å². The molecule has 0 spiro atoms. The molecule has 0 saturated carbocycles. The maximum Gasteiger partial charge on any atom is 0.115 e. The Morgan fingerprint density at radius 3 is 2.46 bits per heavy atom. The van der Waals surface area contributed by atoms with Crippen molar-refractivity contribution in [3.63, 3.8) is 0 Å². The molecule has 0 aromatic heterocycles. The molecule has 3 rings (SSSR count). The van der Waals surface area contributed by atoms with Gasteiger partial charge in [-0.25, -0.2) is 4.39 Å². The highest BCUT2D eigenvalue weighted by atomic mass is 35.5. The van der Waals surface area contributed by atoms with Crippen LogP contribution in [0.3, 0.4) is 0 Å². The Bertz CT molecular complexity index is 212. The van der Waals surface area contributed by atoms with E-state index in [9.17, 15) is 4.39 Å². The summed E-state index contributed by atoms with van der Waals surface area (Å²) in [6, 6.07) is 0. The van der Waals surface area contributed by atoms with Crippen molar-refractivity contribution >= 4 is 20.0 Å². The fourth-order valence-electron chi connectivity index (χ4n) is 2.20. The molecule has 1 nitrogen and oxygen atoms in total. The highest BCUT2D eigenvalue weighted by Gasteiger charge is 2.31. The van der Waals surface area contributed by atoms with E-state index in [-0.39, 0.29) is 20.1 Å². The van der Waals surface area contributed by atoms with Crippen molar-refractivity contribution in [1.82, 2.24) is 4.90 Å². The van der Waals surface area contributed by atoms with Gasteiger partial charge in [0.05, 0.1) is 14.3 Å². The highest BCUT2D eigenvalue weighted by molar-refractivity contribution is 6.19. The van der Waals surface area contributed by atoms with Gasteiger partial charge in [0.25, 0.3) is 0 Å². The second-order valence-corrected chi connectivity index (χ2v) is 3.88. The molecule has 0 atom stereocenters. The summed E-state index contributed by atoms with van der Waals surface area (Å²) >= 11 is 5.47. The van der Waals surface area contributed by atoms with E-state index < -0.39 is 0 Å². The van der Waals surface area contributed by atoms with E-state index in [1.54, 1.807) is 0 Å². The van der Waals surface area contributed by atoms with Gasteiger partial charge in [0, 0.05) is 6.54 Å². The SMILES string of the molecule is B.FC(CCl)=C1CN2CCC1CC2. The minimum Gasteiger partial charge on any atom is -0.299 e. The number of piperidine rings is 3. The molecule has 3 fully saturated rings. The van der Waals surface area contributed by atoms with Crippen molar-refractivity contribution in [2.75, 3.05) is 25.5 Å². The van der Waals surface area contributed by atoms with Crippen LogP contribution in [-0.2, 0) is 0 Å². The lowest BCUT2D eigenvalue weighted by Gasteiger charge is -2.41. The molecule has 74 valence electrons. The van der Waals surface area contributed by atoms with Gasteiger partial charge in [0.1, 0.15) is 5.83 Å². The van der Waals surface area contributed by atoms with E-state index in [1.807, 2.05) is 0 Å². The molecular weight excluding hydrogens is 187 g/mol. The summed E-state index contributed by atoms with van der Waals surface area (Å²) in [4.78, 5) is 2.31. The third-order valence-electron chi connectivity index (χ3n) is 2.94. The molecule has 3 aliphatic heterocycles. The summed E-state index contributed by atoms with van der Waals surface area (Å²) in [6.07, 6.45) is 2.25. The number of fused-ring (bicyclic) bond motifs is 3. The van der Waals surface area contributed by atoms with Gasteiger partial charge < -0.3 is 0 Å². The van der Waals surface area contributed by atoms with Crippen LogP contribution in [0.1, 0.15) is 12.8 Å². The minimum atomic E-state index is -0.0777. The Labute approximate surface area is 85.5 Å². The maximum absolute atomic E-state index is 13.2. The van der Waals surface area contributed by atoms with Gasteiger partial charge in [-0.15, -0.1) is 11.6 Å². The normalized spacial score (nSPS) is 35.5. The van der Waals surface area contributed by atoms with Crippen molar-refractivity contribution < 1.29 is 4.39 Å². The van der Waals surface area contributed by atoms with Gasteiger partial charge in [-0.1, -0.05) is 0 Å². The average molecular weight is 203 g/mol. The van der Waals surface area contributed by atoms with E-state index in [2.05, 4.69) is 4.90 Å². The van der Waals surface area contributed by atoms with Crippen LogP contribution < -0.4 is 0 Å². The molecule has 4 heteroatoms. The molecule has 3 aliphatic rings. The number of rotatable bonds is 1. The van der Waals surface area contributed by atoms with Gasteiger partial charge in [0.15, 0.2) is 0 Å². The largest absolute Gasteiger partial charge is 0.299 e. The predicted octanol–water partition coefficient (Wildman–Crippen LogP) is 0.990. The van der Waals surface area contributed by atoms with Gasteiger partial charge in [-0.3, -0.25) is 4.90 Å². The van der Waals surface area contributed by atoms with E-state index >= 15 is 0 Å². The first-order valence-corrected chi connectivity index (χ1v) is 5.00. The smallest absolute Gasteiger partial charge is 0.115 e. The number of hydrogen-bond donors (Lipinski definition) is 0. The van der Waals surface area contributed by atoms with Crippen LogP contribution in [0, 0.1) is 5.92 Å². The van der Waals surface area contributed by atoms with E-state index in [1.165, 1.54) is 0 Å². The summed E-state index contributed by atoms with van der Waals surface area (Å²) in [5.74, 6) is 0.472. The first kappa shape index (κ1) is 11.1. The minimum absolute atomic E-state index is 0. The molecule has 3 saturated heterocycles.